The summed E-state index contributed by atoms with van der Waals surface area (Å²) in [6.45, 7) is 0. The minimum atomic E-state index is -4.85. The van der Waals surface area contributed by atoms with Gasteiger partial charge in [-0.2, -0.15) is 0 Å². The smallest absolute Gasteiger partial charge is 0.454 e. The number of nitrogens with one attached hydrogen (secondary N) is 2. The Balaban J connectivity index is 1.69. The van der Waals surface area contributed by atoms with Gasteiger partial charge < -0.3 is 20.5 Å². The molecule has 4 N–H and O–H groups in total. The number of halogens is 3. The summed E-state index contributed by atoms with van der Waals surface area (Å²) in [6.07, 6.45) is -4.85. The molecular weight excluding hydrogens is 399 g/mol. The Labute approximate surface area is 168 Å². The van der Waals surface area contributed by atoms with Crippen LogP contribution in [0.2, 0.25) is 0 Å². The average Bonchev–Trinajstić information content (AvgIpc) is 2.82. The number of amides is 1. The summed E-state index contributed by atoms with van der Waals surface area (Å²) in [4.78, 5) is 12.7. The molecule has 0 saturated carbocycles. The Morgan fingerprint density at radius 1 is 1.00 bits per heavy atom. The van der Waals surface area contributed by atoms with Gasteiger partial charge >= 0.3 is 6.36 Å². The Kier molecular flexibility index (Phi) is 4.57. The van der Waals surface area contributed by atoms with Crippen LogP contribution in [-0.4, -0.2) is 18.1 Å². The third kappa shape index (κ3) is 3.90. The fraction of sp³-hybridized carbons (Fsp3) is 0.0476. The van der Waals surface area contributed by atoms with Gasteiger partial charge in [-0.25, -0.2) is 0 Å². The first-order valence-corrected chi connectivity index (χ1v) is 8.67. The highest BCUT2D eigenvalue weighted by molar-refractivity contribution is 6.08. The standard InChI is InChI=1S/C21H14F3N3O3/c22-21(23,24)30-14-5-7-18-16(10-14)27-20(28)15-9-12(4-6-17(15)29-18)11-2-1-3-13(8-11)19(25)26/h1-10H,(H3,25,26)(H,27,28). The van der Waals surface area contributed by atoms with Crippen LogP contribution in [0.5, 0.6) is 17.2 Å². The highest BCUT2D eigenvalue weighted by atomic mass is 19.4. The maximum Gasteiger partial charge on any atom is 0.573 e. The molecule has 3 aromatic rings. The molecule has 0 aromatic heterocycles. The van der Waals surface area contributed by atoms with Crippen molar-refractivity contribution in [3.05, 3.63) is 71.8 Å². The van der Waals surface area contributed by atoms with Crippen LogP contribution in [0.4, 0.5) is 18.9 Å². The fourth-order valence-corrected chi connectivity index (χ4v) is 3.04. The molecule has 0 bridgehead atoms. The summed E-state index contributed by atoms with van der Waals surface area (Å²) >= 11 is 0. The van der Waals surface area contributed by atoms with Crippen LogP contribution in [0, 0.1) is 5.41 Å². The first kappa shape index (κ1) is 19.3. The topological polar surface area (TPSA) is 97.4 Å². The second-order valence-electron chi connectivity index (χ2n) is 6.47. The zero-order valence-corrected chi connectivity index (χ0v) is 15.2. The van der Waals surface area contributed by atoms with Gasteiger partial charge in [-0.3, -0.25) is 10.2 Å². The number of hydrogen-bond acceptors (Lipinski definition) is 4. The molecule has 0 aliphatic carbocycles. The monoisotopic (exact) mass is 413 g/mol. The second-order valence-corrected chi connectivity index (χ2v) is 6.47. The molecule has 0 spiro atoms. The zero-order chi connectivity index (χ0) is 21.5. The summed E-state index contributed by atoms with van der Waals surface area (Å²) in [5, 5.41) is 10.1. The van der Waals surface area contributed by atoms with Crippen molar-refractivity contribution in [1.29, 1.82) is 5.41 Å². The lowest BCUT2D eigenvalue weighted by Crippen LogP contribution is -2.17. The predicted molar refractivity (Wildman–Crippen MR) is 104 cm³/mol. The minimum absolute atomic E-state index is 0.0538. The minimum Gasteiger partial charge on any atom is -0.454 e. The van der Waals surface area contributed by atoms with Crippen molar-refractivity contribution in [2.45, 2.75) is 6.36 Å². The van der Waals surface area contributed by atoms with Gasteiger partial charge in [0.05, 0.1) is 11.3 Å². The number of fused-ring (bicyclic) bond motifs is 2. The van der Waals surface area contributed by atoms with Crippen LogP contribution < -0.4 is 20.5 Å². The third-order valence-electron chi connectivity index (χ3n) is 4.38. The van der Waals surface area contributed by atoms with Crippen molar-refractivity contribution in [3.63, 3.8) is 0 Å². The number of amidine groups is 1. The summed E-state index contributed by atoms with van der Waals surface area (Å²) in [5.74, 6) is -0.666. The molecule has 30 heavy (non-hydrogen) atoms. The average molecular weight is 413 g/mol. The molecule has 0 fully saturated rings. The molecule has 9 heteroatoms. The molecule has 3 aromatic carbocycles. The number of carbonyl (C=O) groups is 1. The van der Waals surface area contributed by atoms with Gasteiger partial charge in [-0.1, -0.05) is 24.3 Å². The molecule has 0 saturated heterocycles. The molecule has 6 nitrogen and oxygen atoms in total. The molecule has 1 heterocycles. The van der Waals surface area contributed by atoms with E-state index in [9.17, 15) is 18.0 Å². The Hall–Kier alpha value is -4.01. The van der Waals surface area contributed by atoms with Crippen LogP contribution in [0.15, 0.2) is 60.7 Å². The highest BCUT2D eigenvalue weighted by Crippen LogP contribution is 2.39. The molecule has 0 atom stereocenters. The van der Waals surface area contributed by atoms with Gasteiger partial charge in [0.25, 0.3) is 5.91 Å². The van der Waals surface area contributed by atoms with E-state index in [0.29, 0.717) is 11.1 Å². The van der Waals surface area contributed by atoms with Gasteiger partial charge in [-0.15, -0.1) is 13.2 Å². The maximum atomic E-state index is 12.7. The van der Waals surface area contributed by atoms with Gasteiger partial charge in [0, 0.05) is 11.6 Å². The molecule has 152 valence electrons. The van der Waals surface area contributed by atoms with Crippen LogP contribution >= 0.6 is 0 Å². The lowest BCUT2D eigenvalue weighted by atomic mass is 10.00. The van der Waals surface area contributed by atoms with E-state index in [1.807, 2.05) is 0 Å². The van der Waals surface area contributed by atoms with E-state index >= 15 is 0 Å². The van der Waals surface area contributed by atoms with Gasteiger partial charge in [0.1, 0.15) is 17.3 Å². The zero-order valence-electron chi connectivity index (χ0n) is 15.2. The number of rotatable bonds is 3. The number of nitrogen functional groups attached to an aromatic ring is 1. The predicted octanol–water partition coefficient (Wildman–Crippen LogP) is 4.89. The van der Waals surface area contributed by atoms with Gasteiger partial charge in [0.15, 0.2) is 5.75 Å². The van der Waals surface area contributed by atoms with Crippen LogP contribution in [-0.2, 0) is 0 Å². The highest BCUT2D eigenvalue weighted by Gasteiger charge is 2.32. The Morgan fingerprint density at radius 3 is 2.47 bits per heavy atom. The molecule has 0 unspecified atom stereocenters. The number of anilines is 1. The number of carbonyl (C=O) groups excluding carboxylic acids is 1. The SMILES string of the molecule is N=C(N)c1cccc(-c2ccc3c(c2)C(=O)Nc2cc(OC(F)(F)F)ccc2O3)c1. The lowest BCUT2D eigenvalue weighted by molar-refractivity contribution is -0.274. The number of ether oxygens (including phenoxy) is 2. The normalized spacial score (nSPS) is 12.7. The Morgan fingerprint density at radius 2 is 1.73 bits per heavy atom. The van der Waals surface area contributed by atoms with Crippen molar-refractivity contribution in [3.8, 4) is 28.4 Å². The molecular formula is C21H14F3N3O3. The van der Waals surface area contributed by atoms with Gasteiger partial charge in [-0.05, 0) is 41.5 Å². The third-order valence-corrected chi connectivity index (χ3v) is 4.38. The van der Waals surface area contributed by atoms with Crippen LogP contribution in [0.1, 0.15) is 15.9 Å². The number of benzene rings is 3. The second kappa shape index (κ2) is 7.11. The summed E-state index contributed by atoms with van der Waals surface area (Å²) in [7, 11) is 0. The van der Waals surface area contributed by atoms with Crippen molar-refractivity contribution in [2.75, 3.05) is 5.32 Å². The Bertz CT molecular complexity index is 1180. The van der Waals surface area contributed by atoms with E-state index in [1.54, 1.807) is 42.5 Å². The maximum absolute atomic E-state index is 12.7. The molecule has 1 aliphatic heterocycles. The van der Waals surface area contributed by atoms with Crippen LogP contribution in [0.3, 0.4) is 0 Å². The lowest BCUT2D eigenvalue weighted by Gasteiger charge is -2.12. The van der Waals surface area contributed by atoms with Gasteiger partial charge in [0.2, 0.25) is 0 Å². The summed E-state index contributed by atoms with van der Waals surface area (Å²) < 4.78 is 47.0. The summed E-state index contributed by atoms with van der Waals surface area (Å²) in [6, 6.07) is 15.3. The summed E-state index contributed by atoms with van der Waals surface area (Å²) in [5.41, 5.74) is 7.74. The largest absolute Gasteiger partial charge is 0.573 e. The van der Waals surface area contributed by atoms with E-state index < -0.39 is 18.0 Å². The van der Waals surface area contributed by atoms with E-state index in [2.05, 4.69) is 10.1 Å². The number of hydrogen-bond donors (Lipinski definition) is 3. The van der Waals surface area contributed by atoms with E-state index in [-0.39, 0.29) is 28.6 Å². The number of alkyl halides is 3. The van der Waals surface area contributed by atoms with E-state index in [4.69, 9.17) is 15.9 Å². The quantitative estimate of drug-likeness (QED) is 0.421. The molecule has 4 rings (SSSR count). The van der Waals surface area contributed by atoms with Crippen molar-refractivity contribution < 1.29 is 27.4 Å². The molecule has 1 aliphatic rings. The number of nitrogens with two attached hydrogens (primary N) is 1. The first-order valence-electron chi connectivity index (χ1n) is 8.67. The van der Waals surface area contributed by atoms with E-state index in [1.165, 1.54) is 6.07 Å². The van der Waals surface area contributed by atoms with Crippen molar-refractivity contribution in [2.24, 2.45) is 5.73 Å². The van der Waals surface area contributed by atoms with Crippen LogP contribution in [0.25, 0.3) is 11.1 Å². The first-order chi connectivity index (χ1) is 14.2. The molecule has 1 amide bonds. The van der Waals surface area contributed by atoms with E-state index in [0.717, 1.165) is 17.7 Å². The molecule has 0 radical (unpaired) electrons. The van der Waals surface area contributed by atoms with Crippen molar-refractivity contribution >= 4 is 17.4 Å². The van der Waals surface area contributed by atoms with Crippen molar-refractivity contribution in [1.82, 2.24) is 0 Å². The fourth-order valence-electron chi connectivity index (χ4n) is 3.04.